The van der Waals surface area contributed by atoms with Gasteiger partial charge in [-0.25, -0.2) is 13.3 Å². The molecule has 5 nitrogen and oxygen atoms in total. The topological polar surface area (TPSA) is 75.2 Å². The molecule has 0 radical (unpaired) electrons. The van der Waals surface area contributed by atoms with Gasteiger partial charge in [0.1, 0.15) is 0 Å². The molecule has 0 aliphatic heterocycles. The molecule has 1 heterocycles. The number of fused-ring (bicyclic) bond motifs is 1. The number of nitriles is 1. The van der Waals surface area contributed by atoms with Gasteiger partial charge in [0, 0.05) is 22.2 Å². The van der Waals surface area contributed by atoms with Gasteiger partial charge in [-0.1, -0.05) is 41.9 Å². The predicted molar refractivity (Wildman–Crippen MR) is 115 cm³/mol. The van der Waals surface area contributed by atoms with E-state index in [1.165, 1.54) is 24.4 Å². The highest BCUT2D eigenvalue weighted by Gasteiger charge is 2.25. The van der Waals surface area contributed by atoms with Crippen molar-refractivity contribution in [2.45, 2.75) is 9.79 Å². The van der Waals surface area contributed by atoms with Crippen LogP contribution in [0.2, 0.25) is 5.02 Å². The van der Waals surface area contributed by atoms with Gasteiger partial charge in [0.15, 0.2) is 5.69 Å². The number of hydrogen-bond acceptors (Lipinski definition) is 4. The number of rotatable bonds is 3. The fourth-order valence-electron chi connectivity index (χ4n) is 3.21. The molecule has 7 heteroatoms. The molecule has 0 saturated carbocycles. The van der Waals surface area contributed by atoms with Crippen LogP contribution in [0.5, 0.6) is 0 Å². The highest BCUT2D eigenvalue weighted by molar-refractivity contribution is 7.91. The molecule has 0 unspecified atom stereocenters. The summed E-state index contributed by atoms with van der Waals surface area (Å²) in [6, 6.07) is 19.6. The first-order valence-corrected chi connectivity index (χ1v) is 10.6. The monoisotopic (exact) mass is 429 g/mol. The number of pyridine rings is 1. The van der Waals surface area contributed by atoms with E-state index in [2.05, 4.69) is 9.83 Å². The number of benzene rings is 3. The number of aromatic nitrogens is 1. The summed E-state index contributed by atoms with van der Waals surface area (Å²) in [5.74, 6) is 0. The normalized spacial score (nSPS) is 11.0. The Labute approximate surface area is 178 Å². The van der Waals surface area contributed by atoms with Crippen LogP contribution in [-0.2, 0) is 9.84 Å². The molecule has 144 valence electrons. The molecule has 0 aliphatic carbocycles. The second-order valence-corrected chi connectivity index (χ2v) is 8.82. The Kier molecular flexibility index (Phi) is 4.97. The fraction of sp³-hybridized carbons (Fsp3) is 0. The third-order valence-electron chi connectivity index (χ3n) is 4.64. The Hall–Kier alpha value is -3.71. The van der Waals surface area contributed by atoms with Gasteiger partial charge < -0.3 is 0 Å². The molecular formula is C23H12ClN3O2S. The first-order valence-electron chi connectivity index (χ1n) is 8.75. The maximum Gasteiger partial charge on any atom is 0.208 e. The third-order valence-corrected chi connectivity index (χ3v) is 6.66. The molecule has 0 bridgehead atoms. The summed E-state index contributed by atoms with van der Waals surface area (Å²) in [5.41, 5.74) is 2.29. The van der Waals surface area contributed by atoms with E-state index in [0.717, 1.165) is 0 Å². The molecule has 0 N–H and O–H groups in total. The molecule has 4 aromatic rings. The van der Waals surface area contributed by atoms with Crippen LogP contribution in [0.25, 0.3) is 26.9 Å². The van der Waals surface area contributed by atoms with Gasteiger partial charge >= 0.3 is 0 Å². The Morgan fingerprint density at radius 3 is 2.50 bits per heavy atom. The first kappa shape index (κ1) is 19.6. The van der Waals surface area contributed by atoms with Crippen LogP contribution in [0.15, 0.2) is 82.7 Å². The largest absolute Gasteiger partial charge is 0.256 e. The predicted octanol–water partition coefficient (Wildman–Crippen LogP) is 5.81. The molecular weight excluding hydrogens is 418 g/mol. The molecule has 0 fully saturated rings. The molecule has 30 heavy (non-hydrogen) atoms. The minimum absolute atomic E-state index is 0.00990. The first-order chi connectivity index (χ1) is 14.4. The van der Waals surface area contributed by atoms with E-state index < -0.39 is 9.84 Å². The van der Waals surface area contributed by atoms with Crippen LogP contribution in [0.1, 0.15) is 5.56 Å². The van der Waals surface area contributed by atoms with E-state index >= 15 is 0 Å². The van der Waals surface area contributed by atoms with Crippen LogP contribution < -0.4 is 0 Å². The van der Waals surface area contributed by atoms with Crippen LogP contribution in [0.3, 0.4) is 0 Å². The minimum Gasteiger partial charge on any atom is -0.256 e. The molecule has 0 atom stereocenters. The molecule has 0 aliphatic rings. The molecule has 4 rings (SSSR count). The fourth-order valence-corrected chi connectivity index (χ4v) is 4.82. The van der Waals surface area contributed by atoms with E-state index in [1.807, 2.05) is 6.07 Å². The average Bonchev–Trinajstić information content (AvgIpc) is 2.78. The molecule has 1 aromatic heterocycles. The van der Waals surface area contributed by atoms with Crippen molar-refractivity contribution in [1.82, 2.24) is 4.98 Å². The Balaban J connectivity index is 2.07. The van der Waals surface area contributed by atoms with E-state index in [0.29, 0.717) is 32.7 Å². The lowest BCUT2D eigenvalue weighted by molar-refractivity contribution is 0.596. The van der Waals surface area contributed by atoms with Crippen molar-refractivity contribution >= 4 is 38.0 Å². The van der Waals surface area contributed by atoms with Gasteiger partial charge in [-0.3, -0.25) is 4.98 Å². The van der Waals surface area contributed by atoms with E-state index in [-0.39, 0.29) is 15.4 Å². The van der Waals surface area contributed by atoms with E-state index in [9.17, 15) is 8.42 Å². The molecule has 3 aromatic carbocycles. The zero-order valence-electron chi connectivity index (χ0n) is 15.4. The average molecular weight is 430 g/mol. The van der Waals surface area contributed by atoms with E-state index in [4.69, 9.17) is 23.4 Å². The number of hydrogen-bond donors (Lipinski definition) is 0. The van der Waals surface area contributed by atoms with Crippen LogP contribution in [-0.4, -0.2) is 13.4 Å². The van der Waals surface area contributed by atoms with Gasteiger partial charge in [-0.2, -0.15) is 5.26 Å². The third kappa shape index (κ3) is 3.40. The van der Waals surface area contributed by atoms with E-state index in [1.54, 1.807) is 48.5 Å². The lowest BCUT2D eigenvalue weighted by atomic mass is 10.0. The van der Waals surface area contributed by atoms with Crippen molar-refractivity contribution in [3.63, 3.8) is 0 Å². The number of sulfone groups is 1. The molecule has 0 saturated heterocycles. The second kappa shape index (κ2) is 7.61. The lowest BCUT2D eigenvalue weighted by Crippen LogP contribution is -2.06. The van der Waals surface area contributed by atoms with Crippen molar-refractivity contribution in [3.05, 3.63) is 94.9 Å². The minimum atomic E-state index is -3.97. The highest BCUT2D eigenvalue weighted by atomic mass is 35.5. The Bertz CT molecular complexity index is 1480. The summed E-state index contributed by atoms with van der Waals surface area (Å²) in [4.78, 5) is 7.76. The van der Waals surface area contributed by atoms with Crippen molar-refractivity contribution in [3.8, 4) is 17.2 Å². The maximum absolute atomic E-state index is 13.5. The van der Waals surface area contributed by atoms with Crippen LogP contribution in [0.4, 0.5) is 5.69 Å². The number of halogens is 1. The summed E-state index contributed by atoms with van der Waals surface area (Å²) in [6.07, 6.45) is 1.30. The SMILES string of the molecule is [C-]#[N+]c1ccc2c(-c3ccc(Cl)cc3)c(S(=O)(=O)c3cccc(C#N)c3)cnc2c1. The maximum atomic E-state index is 13.5. The lowest BCUT2D eigenvalue weighted by Gasteiger charge is -2.14. The summed E-state index contributed by atoms with van der Waals surface area (Å²) < 4.78 is 27.0. The summed E-state index contributed by atoms with van der Waals surface area (Å²) in [7, 11) is -3.97. The quantitative estimate of drug-likeness (QED) is 0.385. The van der Waals surface area contributed by atoms with Crippen LogP contribution >= 0.6 is 11.6 Å². The van der Waals surface area contributed by atoms with Gasteiger partial charge in [0.25, 0.3) is 0 Å². The van der Waals surface area contributed by atoms with Crippen molar-refractivity contribution in [2.75, 3.05) is 0 Å². The van der Waals surface area contributed by atoms with Gasteiger partial charge in [0.2, 0.25) is 9.84 Å². The molecule has 0 amide bonds. The zero-order valence-corrected chi connectivity index (χ0v) is 16.9. The van der Waals surface area contributed by atoms with Crippen LogP contribution in [0, 0.1) is 17.9 Å². The van der Waals surface area contributed by atoms with Gasteiger partial charge in [-0.05, 0) is 42.0 Å². The summed E-state index contributed by atoms with van der Waals surface area (Å²) in [5, 5.41) is 10.3. The highest BCUT2D eigenvalue weighted by Crippen LogP contribution is 2.38. The summed E-state index contributed by atoms with van der Waals surface area (Å²) in [6.45, 7) is 7.21. The Morgan fingerprint density at radius 1 is 1.03 bits per heavy atom. The zero-order chi connectivity index (χ0) is 21.3. The van der Waals surface area contributed by atoms with Crippen molar-refractivity contribution in [1.29, 1.82) is 5.26 Å². The number of nitrogens with zero attached hydrogens (tertiary/aromatic N) is 3. The van der Waals surface area contributed by atoms with Crippen molar-refractivity contribution in [2.24, 2.45) is 0 Å². The smallest absolute Gasteiger partial charge is 0.208 e. The van der Waals surface area contributed by atoms with Gasteiger partial charge in [0.05, 0.1) is 33.5 Å². The molecule has 0 spiro atoms. The Morgan fingerprint density at radius 2 is 1.80 bits per heavy atom. The van der Waals surface area contributed by atoms with Crippen molar-refractivity contribution < 1.29 is 8.42 Å². The summed E-state index contributed by atoms with van der Waals surface area (Å²) >= 11 is 6.02. The van der Waals surface area contributed by atoms with Gasteiger partial charge in [-0.15, -0.1) is 0 Å². The second-order valence-electron chi connectivity index (χ2n) is 6.46. The standard InChI is InChI=1S/C23H12ClN3O2S/c1-26-18-9-10-20-21(12-18)27-14-22(23(20)16-5-7-17(24)8-6-16)30(28,29)19-4-2-3-15(11-19)13-25/h2-12,14H.